The van der Waals surface area contributed by atoms with Gasteiger partial charge in [-0.3, -0.25) is 4.90 Å². The van der Waals surface area contributed by atoms with E-state index >= 15 is 0 Å². The van der Waals surface area contributed by atoms with E-state index in [1.807, 2.05) is 13.0 Å². The minimum atomic E-state index is 0.0692. The van der Waals surface area contributed by atoms with Crippen LogP contribution in [0.5, 0.6) is 0 Å². The van der Waals surface area contributed by atoms with Gasteiger partial charge in [-0.15, -0.1) is 0 Å². The molecule has 1 aromatic carbocycles. The van der Waals surface area contributed by atoms with Crippen LogP contribution in [0.3, 0.4) is 0 Å². The zero-order valence-corrected chi connectivity index (χ0v) is 12.0. The molecular formula is C15H22ClNO. The van der Waals surface area contributed by atoms with Gasteiger partial charge in [0.2, 0.25) is 0 Å². The Kier molecular flexibility index (Phi) is 4.31. The van der Waals surface area contributed by atoms with E-state index in [9.17, 15) is 5.11 Å². The predicted octanol–water partition coefficient (Wildman–Crippen LogP) is 3.24. The second kappa shape index (κ2) is 5.60. The van der Waals surface area contributed by atoms with Crippen molar-refractivity contribution in [3.8, 4) is 0 Å². The maximum atomic E-state index is 9.47. The summed E-state index contributed by atoms with van der Waals surface area (Å²) in [5, 5.41) is 10.3. The Morgan fingerprint density at radius 3 is 2.89 bits per heavy atom. The first kappa shape index (κ1) is 13.9. The van der Waals surface area contributed by atoms with Gasteiger partial charge in [0.05, 0.1) is 0 Å². The van der Waals surface area contributed by atoms with Gasteiger partial charge in [-0.1, -0.05) is 30.7 Å². The van der Waals surface area contributed by atoms with Crippen molar-refractivity contribution in [1.82, 2.24) is 4.90 Å². The molecule has 0 amide bonds. The molecule has 1 fully saturated rings. The number of hydrogen-bond acceptors (Lipinski definition) is 2. The molecule has 0 aliphatic carbocycles. The van der Waals surface area contributed by atoms with Crippen LogP contribution in [-0.2, 0) is 6.54 Å². The summed E-state index contributed by atoms with van der Waals surface area (Å²) in [6.45, 7) is 7.55. The molecule has 0 aromatic heterocycles. The van der Waals surface area contributed by atoms with Crippen LogP contribution in [-0.4, -0.2) is 29.7 Å². The molecular weight excluding hydrogens is 246 g/mol. The molecule has 1 aliphatic rings. The van der Waals surface area contributed by atoms with Crippen molar-refractivity contribution in [2.75, 3.05) is 19.7 Å². The number of aliphatic hydroxyl groups excluding tert-OH is 1. The molecule has 0 radical (unpaired) electrons. The second-order valence-corrected chi connectivity index (χ2v) is 6.27. The predicted molar refractivity (Wildman–Crippen MR) is 75.9 cm³/mol. The molecule has 1 atom stereocenters. The lowest BCUT2D eigenvalue weighted by Crippen LogP contribution is -2.43. The van der Waals surface area contributed by atoms with E-state index in [0.717, 1.165) is 36.6 Å². The van der Waals surface area contributed by atoms with E-state index < -0.39 is 0 Å². The first-order chi connectivity index (χ1) is 8.52. The lowest BCUT2D eigenvalue weighted by molar-refractivity contribution is 0.0429. The van der Waals surface area contributed by atoms with Gasteiger partial charge < -0.3 is 5.11 Å². The van der Waals surface area contributed by atoms with Crippen LogP contribution in [0.4, 0.5) is 0 Å². The molecule has 1 unspecified atom stereocenters. The molecule has 1 aliphatic heterocycles. The minimum absolute atomic E-state index is 0.0692. The van der Waals surface area contributed by atoms with Gasteiger partial charge in [0.1, 0.15) is 0 Å². The van der Waals surface area contributed by atoms with Crippen molar-refractivity contribution in [3.63, 3.8) is 0 Å². The van der Waals surface area contributed by atoms with E-state index in [1.165, 1.54) is 12.0 Å². The van der Waals surface area contributed by atoms with Gasteiger partial charge in [-0.2, -0.15) is 0 Å². The van der Waals surface area contributed by atoms with Gasteiger partial charge in [-0.05, 0) is 43.5 Å². The van der Waals surface area contributed by atoms with Crippen LogP contribution < -0.4 is 0 Å². The number of hydrogen-bond donors (Lipinski definition) is 1. The lowest BCUT2D eigenvalue weighted by Gasteiger charge is -2.39. The molecule has 2 rings (SSSR count). The Morgan fingerprint density at radius 2 is 2.22 bits per heavy atom. The Balaban J connectivity index is 2.02. The van der Waals surface area contributed by atoms with Crippen LogP contribution >= 0.6 is 11.6 Å². The Labute approximate surface area is 115 Å². The quantitative estimate of drug-likeness (QED) is 0.909. The summed E-state index contributed by atoms with van der Waals surface area (Å²) in [7, 11) is 0. The molecule has 18 heavy (non-hydrogen) atoms. The van der Waals surface area contributed by atoms with E-state index in [4.69, 9.17) is 11.6 Å². The number of rotatable bonds is 3. The number of nitrogens with zero attached hydrogens (tertiary/aromatic N) is 1. The molecule has 100 valence electrons. The zero-order valence-electron chi connectivity index (χ0n) is 11.2. The average molecular weight is 268 g/mol. The first-order valence-electron chi connectivity index (χ1n) is 6.61. The lowest BCUT2D eigenvalue weighted by atomic mass is 9.82. The SMILES string of the molecule is Cc1cc(CN2CCCC(C)(CO)C2)ccc1Cl. The van der Waals surface area contributed by atoms with Crippen molar-refractivity contribution in [2.45, 2.75) is 33.2 Å². The highest BCUT2D eigenvalue weighted by Gasteiger charge is 2.30. The van der Waals surface area contributed by atoms with Gasteiger partial charge in [-0.25, -0.2) is 0 Å². The molecule has 0 saturated carbocycles. The summed E-state index contributed by atoms with van der Waals surface area (Å²) in [5.74, 6) is 0. The smallest absolute Gasteiger partial charge is 0.0497 e. The third kappa shape index (κ3) is 3.25. The summed E-state index contributed by atoms with van der Waals surface area (Å²) >= 11 is 6.04. The summed E-state index contributed by atoms with van der Waals surface area (Å²) in [6.07, 6.45) is 2.29. The number of aryl methyl sites for hydroxylation is 1. The van der Waals surface area contributed by atoms with Crippen molar-refractivity contribution in [3.05, 3.63) is 34.3 Å². The average Bonchev–Trinajstić information content (AvgIpc) is 2.34. The topological polar surface area (TPSA) is 23.5 Å². The number of likely N-dealkylation sites (tertiary alicyclic amines) is 1. The van der Waals surface area contributed by atoms with E-state index in [2.05, 4.69) is 24.0 Å². The number of benzene rings is 1. The van der Waals surface area contributed by atoms with E-state index in [-0.39, 0.29) is 12.0 Å². The largest absolute Gasteiger partial charge is 0.396 e. The van der Waals surface area contributed by atoms with Crippen molar-refractivity contribution >= 4 is 11.6 Å². The van der Waals surface area contributed by atoms with Gasteiger partial charge >= 0.3 is 0 Å². The van der Waals surface area contributed by atoms with Gasteiger partial charge in [0.15, 0.2) is 0 Å². The van der Waals surface area contributed by atoms with Crippen molar-refractivity contribution < 1.29 is 5.11 Å². The zero-order chi connectivity index (χ0) is 13.2. The van der Waals surface area contributed by atoms with Gasteiger partial charge in [0.25, 0.3) is 0 Å². The fraction of sp³-hybridized carbons (Fsp3) is 0.600. The van der Waals surface area contributed by atoms with Gasteiger partial charge in [0, 0.05) is 30.1 Å². The molecule has 1 N–H and O–H groups in total. The second-order valence-electron chi connectivity index (χ2n) is 5.87. The monoisotopic (exact) mass is 267 g/mol. The van der Waals surface area contributed by atoms with Crippen molar-refractivity contribution in [1.29, 1.82) is 0 Å². The highest BCUT2D eigenvalue weighted by atomic mass is 35.5. The fourth-order valence-electron chi connectivity index (χ4n) is 2.75. The molecule has 1 aromatic rings. The Bertz CT molecular complexity index is 421. The summed E-state index contributed by atoms with van der Waals surface area (Å²) in [4.78, 5) is 2.43. The highest BCUT2D eigenvalue weighted by Crippen LogP contribution is 2.29. The van der Waals surface area contributed by atoms with Crippen LogP contribution in [0.2, 0.25) is 5.02 Å². The first-order valence-corrected chi connectivity index (χ1v) is 6.98. The summed E-state index contributed by atoms with van der Waals surface area (Å²) in [6, 6.07) is 6.23. The third-order valence-electron chi connectivity index (χ3n) is 3.87. The Morgan fingerprint density at radius 1 is 1.44 bits per heavy atom. The van der Waals surface area contributed by atoms with Crippen LogP contribution in [0.25, 0.3) is 0 Å². The maximum Gasteiger partial charge on any atom is 0.0497 e. The maximum absolute atomic E-state index is 9.47. The molecule has 1 saturated heterocycles. The van der Waals surface area contributed by atoms with E-state index in [1.54, 1.807) is 0 Å². The third-order valence-corrected chi connectivity index (χ3v) is 4.29. The number of piperidine rings is 1. The summed E-state index contributed by atoms with van der Waals surface area (Å²) < 4.78 is 0. The number of halogens is 1. The normalized spacial score (nSPS) is 25.3. The van der Waals surface area contributed by atoms with Crippen LogP contribution in [0, 0.1) is 12.3 Å². The van der Waals surface area contributed by atoms with Crippen molar-refractivity contribution in [2.24, 2.45) is 5.41 Å². The number of aliphatic hydroxyl groups is 1. The molecule has 0 spiro atoms. The standard InChI is InChI=1S/C15H22ClNO/c1-12-8-13(4-5-14(12)16)9-17-7-3-6-15(2,10-17)11-18/h4-5,8,18H,3,6-7,9-11H2,1-2H3. The van der Waals surface area contributed by atoms with Crippen LogP contribution in [0.15, 0.2) is 18.2 Å². The molecule has 2 nitrogen and oxygen atoms in total. The van der Waals surface area contributed by atoms with Crippen LogP contribution in [0.1, 0.15) is 30.9 Å². The van der Waals surface area contributed by atoms with E-state index in [0.29, 0.717) is 0 Å². The Hall–Kier alpha value is -0.570. The molecule has 3 heteroatoms. The minimum Gasteiger partial charge on any atom is -0.396 e. The highest BCUT2D eigenvalue weighted by molar-refractivity contribution is 6.31. The molecule has 1 heterocycles. The fourth-order valence-corrected chi connectivity index (χ4v) is 2.87. The molecule has 0 bridgehead atoms. The summed E-state index contributed by atoms with van der Waals surface area (Å²) in [5.41, 5.74) is 2.51.